The predicted octanol–water partition coefficient (Wildman–Crippen LogP) is 4.77. The van der Waals surface area contributed by atoms with Gasteiger partial charge in [-0.25, -0.2) is 0 Å². The molecule has 0 aliphatic heterocycles. The highest BCUT2D eigenvalue weighted by molar-refractivity contribution is 9.10. The molecule has 0 saturated heterocycles. The molecule has 0 amide bonds. The number of nitrogens with one attached hydrogen (secondary N) is 1. The number of aliphatic hydroxyl groups is 1. The molecule has 1 fully saturated rings. The Bertz CT molecular complexity index is 614. The van der Waals surface area contributed by atoms with Gasteiger partial charge in [0.05, 0.1) is 4.47 Å². The van der Waals surface area contributed by atoms with Crippen molar-refractivity contribution in [1.29, 1.82) is 0 Å². The van der Waals surface area contributed by atoms with E-state index in [1.807, 2.05) is 24.3 Å². The van der Waals surface area contributed by atoms with Gasteiger partial charge in [0, 0.05) is 17.5 Å². The van der Waals surface area contributed by atoms with Crippen LogP contribution in [0.4, 0.5) is 0 Å². The molecule has 1 saturated carbocycles. The standard InChI is InChI=1S/C19H24BrNO2S/c20-16-8-3-4-9-17(16)23-13-15(22)12-21-19(14-6-1-2-7-14)18-10-5-11-24-18/h3-5,8-11,14-15,19,21-22H,1-2,6-7,12-13H2. The van der Waals surface area contributed by atoms with Crippen LogP contribution >= 0.6 is 27.3 Å². The monoisotopic (exact) mass is 409 g/mol. The van der Waals surface area contributed by atoms with Gasteiger partial charge in [-0.2, -0.15) is 0 Å². The molecule has 24 heavy (non-hydrogen) atoms. The van der Waals surface area contributed by atoms with E-state index >= 15 is 0 Å². The Morgan fingerprint density at radius 1 is 1.21 bits per heavy atom. The Balaban J connectivity index is 1.51. The molecule has 0 spiro atoms. The van der Waals surface area contributed by atoms with Crippen molar-refractivity contribution in [2.24, 2.45) is 5.92 Å². The summed E-state index contributed by atoms with van der Waals surface area (Å²) >= 11 is 5.26. The van der Waals surface area contributed by atoms with Crippen LogP contribution in [0.3, 0.4) is 0 Å². The van der Waals surface area contributed by atoms with Crippen LogP contribution < -0.4 is 10.1 Å². The lowest BCUT2D eigenvalue weighted by Crippen LogP contribution is -2.36. The van der Waals surface area contributed by atoms with E-state index in [0.29, 0.717) is 18.5 Å². The zero-order valence-electron chi connectivity index (χ0n) is 13.7. The number of thiophene rings is 1. The fourth-order valence-corrected chi connectivity index (χ4v) is 4.62. The lowest BCUT2D eigenvalue weighted by Gasteiger charge is -2.25. The zero-order valence-corrected chi connectivity index (χ0v) is 16.1. The third-order valence-corrected chi connectivity index (χ3v) is 6.17. The van der Waals surface area contributed by atoms with E-state index in [4.69, 9.17) is 4.74 Å². The highest BCUT2D eigenvalue weighted by atomic mass is 79.9. The predicted molar refractivity (Wildman–Crippen MR) is 103 cm³/mol. The molecule has 1 aliphatic rings. The summed E-state index contributed by atoms with van der Waals surface area (Å²) in [5.41, 5.74) is 0. The quantitative estimate of drug-likeness (QED) is 0.659. The van der Waals surface area contributed by atoms with Gasteiger partial charge >= 0.3 is 0 Å². The summed E-state index contributed by atoms with van der Waals surface area (Å²) in [5, 5.41) is 16.0. The second kappa shape index (κ2) is 8.99. The van der Waals surface area contributed by atoms with Crippen LogP contribution in [0.2, 0.25) is 0 Å². The number of benzene rings is 1. The van der Waals surface area contributed by atoms with Crippen LogP contribution in [-0.2, 0) is 0 Å². The summed E-state index contributed by atoms with van der Waals surface area (Å²) in [7, 11) is 0. The molecule has 130 valence electrons. The van der Waals surface area contributed by atoms with E-state index in [9.17, 15) is 5.11 Å². The molecular weight excluding hydrogens is 386 g/mol. The van der Waals surface area contributed by atoms with Crippen LogP contribution in [-0.4, -0.2) is 24.4 Å². The molecule has 2 N–H and O–H groups in total. The highest BCUT2D eigenvalue weighted by Crippen LogP contribution is 2.37. The fraction of sp³-hybridized carbons (Fsp3) is 0.474. The molecule has 2 unspecified atom stereocenters. The van der Waals surface area contributed by atoms with Gasteiger partial charge in [-0.05, 0) is 58.3 Å². The first-order valence-electron chi connectivity index (χ1n) is 8.56. The van der Waals surface area contributed by atoms with Gasteiger partial charge in [0.15, 0.2) is 0 Å². The van der Waals surface area contributed by atoms with Crippen molar-refractivity contribution >= 4 is 27.3 Å². The van der Waals surface area contributed by atoms with Crippen LogP contribution in [0.5, 0.6) is 5.75 Å². The molecule has 3 rings (SSSR count). The number of hydrogen-bond donors (Lipinski definition) is 2. The first-order chi connectivity index (χ1) is 11.7. The first-order valence-corrected chi connectivity index (χ1v) is 10.2. The van der Waals surface area contributed by atoms with Crippen molar-refractivity contribution in [1.82, 2.24) is 5.32 Å². The third-order valence-electron chi connectivity index (χ3n) is 4.56. The van der Waals surface area contributed by atoms with Gasteiger partial charge in [-0.3, -0.25) is 0 Å². The Morgan fingerprint density at radius 2 is 2.00 bits per heavy atom. The maximum atomic E-state index is 10.3. The van der Waals surface area contributed by atoms with Crippen molar-refractivity contribution in [2.45, 2.75) is 37.8 Å². The maximum Gasteiger partial charge on any atom is 0.133 e. The molecule has 1 aliphatic carbocycles. The van der Waals surface area contributed by atoms with Gasteiger partial charge in [0.1, 0.15) is 18.5 Å². The molecule has 0 bridgehead atoms. The van der Waals surface area contributed by atoms with E-state index < -0.39 is 6.10 Å². The SMILES string of the molecule is OC(CNC(c1cccs1)C1CCCC1)COc1ccccc1Br. The number of ether oxygens (including phenoxy) is 1. The molecule has 2 atom stereocenters. The lowest BCUT2D eigenvalue weighted by molar-refractivity contribution is 0.101. The van der Waals surface area contributed by atoms with E-state index in [1.165, 1.54) is 30.6 Å². The second-order valence-corrected chi connectivity index (χ2v) is 8.17. The van der Waals surface area contributed by atoms with Gasteiger partial charge in [-0.15, -0.1) is 11.3 Å². The average Bonchev–Trinajstić information content (AvgIpc) is 3.28. The van der Waals surface area contributed by atoms with Crippen LogP contribution in [0, 0.1) is 5.92 Å². The third kappa shape index (κ3) is 4.82. The Hall–Kier alpha value is -0.880. The molecule has 5 heteroatoms. The molecular formula is C19H24BrNO2S. The maximum absolute atomic E-state index is 10.3. The van der Waals surface area contributed by atoms with Crippen molar-refractivity contribution < 1.29 is 9.84 Å². The highest BCUT2D eigenvalue weighted by Gasteiger charge is 2.27. The van der Waals surface area contributed by atoms with E-state index in [-0.39, 0.29) is 6.61 Å². The summed E-state index contributed by atoms with van der Waals surface area (Å²) in [6.07, 6.45) is 4.67. The minimum absolute atomic E-state index is 0.289. The van der Waals surface area contributed by atoms with Gasteiger partial charge < -0.3 is 15.2 Å². The summed E-state index contributed by atoms with van der Waals surface area (Å²) < 4.78 is 6.62. The van der Waals surface area contributed by atoms with Gasteiger partial charge in [0.25, 0.3) is 0 Å². The largest absolute Gasteiger partial charge is 0.490 e. The van der Waals surface area contributed by atoms with Crippen LogP contribution in [0.1, 0.15) is 36.6 Å². The first kappa shape index (κ1) is 17.9. The molecule has 1 heterocycles. The number of rotatable bonds is 8. The Kier molecular flexibility index (Phi) is 6.72. The summed E-state index contributed by atoms with van der Waals surface area (Å²) in [4.78, 5) is 1.38. The fourth-order valence-electron chi connectivity index (χ4n) is 3.33. The van der Waals surface area contributed by atoms with Crippen molar-refractivity contribution in [3.8, 4) is 5.75 Å². The zero-order chi connectivity index (χ0) is 16.8. The second-order valence-electron chi connectivity index (χ2n) is 6.34. The van der Waals surface area contributed by atoms with Gasteiger partial charge in [0.2, 0.25) is 0 Å². The molecule has 0 radical (unpaired) electrons. The number of para-hydroxylation sites is 1. The van der Waals surface area contributed by atoms with Crippen molar-refractivity contribution in [3.05, 3.63) is 51.1 Å². The van der Waals surface area contributed by atoms with Crippen LogP contribution in [0.25, 0.3) is 0 Å². The summed E-state index contributed by atoms with van der Waals surface area (Å²) in [6, 6.07) is 12.4. The Labute approximate surface area is 156 Å². The molecule has 2 aromatic rings. The molecule has 1 aromatic carbocycles. The lowest BCUT2D eigenvalue weighted by atomic mass is 9.96. The molecule has 1 aromatic heterocycles. The number of aliphatic hydroxyl groups excluding tert-OH is 1. The topological polar surface area (TPSA) is 41.5 Å². The minimum atomic E-state index is -0.527. The molecule has 3 nitrogen and oxygen atoms in total. The summed E-state index contributed by atoms with van der Waals surface area (Å²) in [5.74, 6) is 1.45. The normalized spacial score (nSPS) is 17.8. The van der Waals surface area contributed by atoms with Crippen molar-refractivity contribution in [2.75, 3.05) is 13.2 Å². The van der Waals surface area contributed by atoms with Crippen LogP contribution in [0.15, 0.2) is 46.3 Å². The Morgan fingerprint density at radius 3 is 2.71 bits per heavy atom. The van der Waals surface area contributed by atoms with E-state index in [0.717, 1.165) is 10.2 Å². The smallest absolute Gasteiger partial charge is 0.133 e. The van der Waals surface area contributed by atoms with E-state index in [1.54, 1.807) is 11.3 Å². The van der Waals surface area contributed by atoms with E-state index in [2.05, 4.69) is 38.8 Å². The summed E-state index contributed by atoms with van der Waals surface area (Å²) in [6.45, 7) is 0.834. The van der Waals surface area contributed by atoms with Crippen molar-refractivity contribution in [3.63, 3.8) is 0 Å². The number of hydrogen-bond acceptors (Lipinski definition) is 4. The number of halogens is 1. The van der Waals surface area contributed by atoms with Gasteiger partial charge in [-0.1, -0.05) is 31.0 Å². The minimum Gasteiger partial charge on any atom is -0.490 e. The average molecular weight is 410 g/mol.